The van der Waals surface area contributed by atoms with Gasteiger partial charge in [0.1, 0.15) is 5.71 Å². The van der Waals surface area contributed by atoms with Crippen molar-refractivity contribution in [2.45, 2.75) is 0 Å². The largest absolute Gasteiger partial charge is 0.356 e. The zero-order chi connectivity index (χ0) is 9.10. The number of carbonyl (C=O) groups excluding carboxylic acids is 1. The highest BCUT2D eigenvalue weighted by Gasteiger charge is 2.04. The van der Waals surface area contributed by atoms with Gasteiger partial charge in [0.25, 0.3) is 0 Å². The van der Waals surface area contributed by atoms with Gasteiger partial charge >= 0.3 is 0 Å². The minimum atomic E-state index is 0.288. The van der Waals surface area contributed by atoms with Crippen molar-refractivity contribution in [2.75, 3.05) is 0 Å². The van der Waals surface area contributed by atoms with Gasteiger partial charge in [-0.05, 0) is 18.2 Å². The topological polar surface area (TPSA) is 38.7 Å². The molecule has 64 valence electrons. The van der Waals surface area contributed by atoms with E-state index in [0.717, 1.165) is 5.56 Å². The van der Waals surface area contributed by atoms with Gasteiger partial charge in [-0.25, -0.2) is 0 Å². The average molecular weight is 173 g/mol. The average Bonchev–Trinajstić information content (AvgIpc) is 2.39. The van der Waals surface area contributed by atoms with Gasteiger partial charge in [0, 0.05) is 5.56 Å². The monoisotopic (exact) mass is 173 g/mol. The maximum absolute atomic E-state index is 10.4. The maximum Gasteiger partial charge on any atom is 0.171 e. The summed E-state index contributed by atoms with van der Waals surface area (Å²) >= 11 is 0. The number of nitrogens with zero attached hydrogens (tertiary/aromatic N) is 1. The minimum absolute atomic E-state index is 0.288. The molecule has 3 nitrogen and oxygen atoms in total. The number of fused-ring (bicyclic) bond motifs is 1. The summed E-state index contributed by atoms with van der Waals surface area (Å²) in [7, 11) is 0. The Morgan fingerprint density at radius 1 is 1.23 bits per heavy atom. The Bertz CT molecular complexity index is 394. The quantitative estimate of drug-likeness (QED) is 0.605. The number of aldehydes is 1. The van der Waals surface area contributed by atoms with E-state index in [9.17, 15) is 4.79 Å². The zero-order valence-corrected chi connectivity index (χ0v) is 6.81. The fraction of sp³-hybridized carbons (Fsp3) is 0. The molecule has 1 aromatic rings. The molecule has 0 bridgehead atoms. The number of benzene rings is 1. The lowest BCUT2D eigenvalue weighted by Crippen LogP contribution is -1.95. The van der Waals surface area contributed by atoms with E-state index >= 15 is 0 Å². The van der Waals surface area contributed by atoms with E-state index in [4.69, 9.17) is 4.84 Å². The molecule has 13 heavy (non-hydrogen) atoms. The van der Waals surface area contributed by atoms with Crippen LogP contribution in [0.15, 0.2) is 35.5 Å². The molecule has 0 aliphatic carbocycles. The lowest BCUT2D eigenvalue weighted by molar-refractivity contribution is -0.102. The molecule has 0 N–H and O–H groups in total. The van der Waals surface area contributed by atoms with E-state index in [1.54, 1.807) is 18.2 Å². The van der Waals surface area contributed by atoms with Crippen LogP contribution in [0, 0.1) is 0 Å². The lowest BCUT2D eigenvalue weighted by atomic mass is 10.2. The van der Waals surface area contributed by atoms with Gasteiger partial charge in [0.15, 0.2) is 12.0 Å². The van der Waals surface area contributed by atoms with Crippen LogP contribution in [0.3, 0.4) is 0 Å². The number of hydrogen-bond donors (Lipinski definition) is 0. The molecule has 0 amide bonds. The summed E-state index contributed by atoms with van der Waals surface area (Å²) in [6.07, 6.45) is 4.08. The Morgan fingerprint density at radius 3 is 2.92 bits per heavy atom. The second-order valence-electron chi connectivity index (χ2n) is 2.60. The summed E-state index contributed by atoms with van der Waals surface area (Å²) in [6, 6.07) is 7.46. The minimum Gasteiger partial charge on any atom is -0.356 e. The third-order valence-corrected chi connectivity index (χ3v) is 1.72. The molecule has 1 aromatic carbocycles. The molecule has 1 aliphatic rings. The standard InChI is InChI=1S/C10H7NO2/c12-7-9-6-5-8-3-1-2-4-10(8)13-11-9/h1-7H. The van der Waals surface area contributed by atoms with Crippen molar-refractivity contribution in [2.24, 2.45) is 5.16 Å². The van der Waals surface area contributed by atoms with E-state index in [1.165, 1.54) is 0 Å². The van der Waals surface area contributed by atoms with Gasteiger partial charge in [0.05, 0.1) is 0 Å². The summed E-state index contributed by atoms with van der Waals surface area (Å²) in [5.41, 5.74) is 1.21. The molecule has 0 fully saturated rings. The van der Waals surface area contributed by atoms with E-state index in [-0.39, 0.29) is 5.71 Å². The Balaban J connectivity index is 2.44. The van der Waals surface area contributed by atoms with Crippen LogP contribution in [-0.4, -0.2) is 12.0 Å². The summed E-state index contributed by atoms with van der Waals surface area (Å²) < 4.78 is 0. The number of allylic oxidation sites excluding steroid dienone is 1. The van der Waals surface area contributed by atoms with E-state index in [0.29, 0.717) is 12.0 Å². The third kappa shape index (κ3) is 1.49. The van der Waals surface area contributed by atoms with Crippen molar-refractivity contribution < 1.29 is 9.63 Å². The van der Waals surface area contributed by atoms with Crippen LogP contribution in [0.1, 0.15) is 5.56 Å². The van der Waals surface area contributed by atoms with Gasteiger partial charge in [-0.1, -0.05) is 23.4 Å². The molecule has 0 aromatic heterocycles. The normalized spacial score (nSPS) is 13.7. The molecule has 2 rings (SSSR count). The molecule has 0 radical (unpaired) electrons. The molecule has 1 heterocycles. The van der Waals surface area contributed by atoms with Gasteiger partial charge < -0.3 is 4.84 Å². The van der Waals surface area contributed by atoms with Gasteiger partial charge in [0.2, 0.25) is 0 Å². The van der Waals surface area contributed by atoms with Crippen LogP contribution < -0.4 is 4.84 Å². The lowest BCUT2D eigenvalue weighted by Gasteiger charge is -1.99. The second-order valence-corrected chi connectivity index (χ2v) is 2.60. The number of hydrogen-bond acceptors (Lipinski definition) is 3. The van der Waals surface area contributed by atoms with Gasteiger partial charge in [-0.2, -0.15) is 0 Å². The van der Waals surface area contributed by atoms with Crippen LogP contribution in [0.5, 0.6) is 5.75 Å². The van der Waals surface area contributed by atoms with Crippen molar-refractivity contribution in [3.63, 3.8) is 0 Å². The summed E-state index contributed by atoms with van der Waals surface area (Å²) in [5, 5.41) is 3.64. The first-order chi connectivity index (χ1) is 6.40. The van der Waals surface area contributed by atoms with Crippen LogP contribution in [0.4, 0.5) is 0 Å². The van der Waals surface area contributed by atoms with E-state index in [1.807, 2.05) is 18.2 Å². The number of carbonyl (C=O) groups is 1. The van der Waals surface area contributed by atoms with Crippen molar-refractivity contribution in [1.29, 1.82) is 0 Å². The molecule has 0 atom stereocenters. The van der Waals surface area contributed by atoms with E-state index < -0.39 is 0 Å². The molecular formula is C10H7NO2. The molecule has 0 unspecified atom stereocenters. The number of oxime groups is 1. The zero-order valence-electron chi connectivity index (χ0n) is 6.81. The Hall–Kier alpha value is -1.90. The summed E-state index contributed by atoms with van der Waals surface area (Å²) in [5.74, 6) is 0.663. The predicted octanol–water partition coefficient (Wildman–Crippen LogP) is 1.65. The van der Waals surface area contributed by atoms with Crippen molar-refractivity contribution in [1.82, 2.24) is 0 Å². The molecule has 0 saturated heterocycles. The van der Waals surface area contributed by atoms with Crippen LogP contribution in [-0.2, 0) is 4.79 Å². The van der Waals surface area contributed by atoms with Crippen molar-refractivity contribution >= 4 is 18.1 Å². The molecular weight excluding hydrogens is 166 g/mol. The molecule has 1 aliphatic heterocycles. The summed E-state index contributed by atoms with van der Waals surface area (Å²) in [4.78, 5) is 15.4. The van der Waals surface area contributed by atoms with Crippen molar-refractivity contribution in [3.05, 3.63) is 35.9 Å². The Labute approximate surface area is 75.3 Å². The third-order valence-electron chi connectivity index (χ3n) is 1.72. The van der Waals surface area contributed by atoms with Crippen LogP contribution >= 0.6 is 0 Å². The highest BCUT2D eigenvalue weighted by atomic mass is 16.6. The van der Waals surface area contributed by atoms with Gasteiger partial charge in [-0.15, -0.1) is 0 Å². The Kier molecular flexibility index (Phi) is 1.92. The predicted molar refractivity (Wildman–Crippen MR) is 49.6 cm³/mol. The molecule has 3 heteroatoms. The van der Waals surface area contributed by atoms with Crippen LogP contribution in [0.25, 0.3) is 6.08 Å². The van der Waals surface area contributed by atoms with E-state index in [2.05, 4.69) is 5.16 Å². The molecule has 0 saturated carbocycles. The molecule has 0 spiro atoms. The first-order valence-electron chi connectivity index (χ1n) is 3.87. The number of para-hydroxylation sites is 1. The fourth-order valence-electron chi connectivity index (χ4n) is 1.07. The smallest absolute Gasteiger partial charge is 0.171 e. The van der Waals surface area contributed by atoms with Crippen molar-refractivity contribution in [3.8, 4) is 5.75 Å². The Morgan fingerprint density at radius 2 is 2.08 bits per heavy atom. The first kappa shape index (κ1) is 7.73. The SMILES string of the molecule is O=CC1=NOc2ccccc2C=C1. The van der Waals surface area contributed by atoms with Crippen LogP contribution in [0.2, 0.25) is 0 Å². The highest BCUT2D eigenvalue weighted by molar-refractivity contribution is 6.34. The van der Waals surface area contributed by atoms with Gasteiger partial charge in [-0.3, -0.25) is 4.79 Å². The highest BCUT2D eigenvalue weighted by Crippen LogP contribution is 2.21. The second kappa shape index (κ2) is 3.23. The summed E-state index contributed by atoms with van der Waals surface area (Å²) in [6.45, 7) is 0. The fourth-order valence-corrected chi connectivity index (χ4v) is 1.07. The first-order valence-corrected chi connectivity index (χ1v) is 3.87. The maximum atomic E-state index is 10.4. The number of rotatable bonds is 1.